The number of aromatic amines is 2. The molecule has 0 atom stereocenters. The SMILES string of the molecule is c1cc(CN2CCCCC2)cc(OCCCNc2nc3ccccc3[nH]2)c1.c1cc(CN2CCCCC2)cc(OCCCNc2nc3ccccc3[nH]2)c1. The van der Waals surface area contributed by atoms with Crippen LogP contribution in [0.3, 0.4) is 0 Å². The Morgan fingerprint density at radius 1 is 0.519 bits per heavy atom. The molecule has 2 saturated heterocycles. The number of nitrogens with one attached hydrogen (secondary N) is 4. The van der Waals surface area contributed by atoms with Crippen molar-refractivity contribution in [3.05, 3.63) is 108 Å². The van der Waals surface area contributed by atoms with E-state index in [1.165, 1.54) is 75.8 Å². The summed E-state index contributed by atoms with van der Waals surface area (Å²) in [7, 11) is 0. The van der Waals surface area contributed by atoms with E-state index in [2.05, 4.69) is 76.8 Å². The van der Waals surface area contributed by atoms with Crippen molar-refractivity contribution in [1.29, 1.82) is 0 Å². The minimum absolute atomic E-state index is 0.695. The van der Waals surface area contributed by atoms with Gasteiger partial charge in [-0.3, -0.25) is 9.80 Å². The van der Waals surface area contributed by atoms with Crippen molar-refractivity contribution in [3.63, 3.8) is 0 Å². The largest absolute Gasteiger partial charge is 0.494 e. The van der Waals surface area contributed by atoms with Crippen LogP contribution in [0, 0.1) is 0 Å². The van der Waals surface area contributed by atoms with Crippen molar-refractivity contribution in [2.24, 2.45) is 0 Å². The smallest absolute Gasteiger partial charge is 0.201 e. The average molecular weight is 729 g/mol. The Balaban J connectivity index is 0.000000167. The maximum absolute atomic E-state index is 5.94. The van der Waals surface area contributed by atoms with E-state index in [0.717, 1.165) is 84.5 Å². The molecule has 8 rings (SSSR count). The van der Waals surface area contributed by atoms with Crippen LogP contribution in [0.25, 0.3) is 22.1 Å². The number of H-pyrrole nitrogens is 2. The number of rotatable bonds is 16. The summed E-state index contributed by atoms with van der Waals surface area (Å²) in [5.74, 6) is 3.57. The van der Waals surface area contributed by atoms with Crippen LogP contribution >= 0.6 is 0 Å². The summed E-state index contributed by atoms with van der Waals surface area (Å²) in [6.45, 7) is 9.99. The van der Waals surface area contributed by atoms with Crippen molar-refractivity contribution in [3.8, 4) is 11.5 Å². The van der Waals surface area contributed by atoms with Crippen LogP contribution in [0.5, 0.6) is 11.5 Å². The Morgan fingerprint density at radius 2 is 0.963 bits per heavy atom. The van der Waals surface area contributed by atoms with Crippen molar-refractivity contribution in [1.82, 2.24) is 29.7 Å². The standard InChI is InChI=1S/2C22H28N4O/c2*1-4-13-26(14-5-1)17-18-8-6-9-19(16-18)27-15-7-12-23-22-24-20-10-2-3-11-21(20)25-22/h2*2-3,6,8-11,16H,1,4-5,7,12-15,17H2,(H2,23,24,25). The van der Waals surface area contributed by atoms with Gasteiger partial charge in [-0.25, -0.2) is 9.97 Å². The number of fused-ring (bicyclic) bond motifs is 2. The van der Waals surface area contributed by atoms with Crippen LogP contribution < -0.4 is 20.1 Å². The molecule has 0 amide bonds. The van der Waals surface area contributed by atoms with Crippen LogP contribution in [0.4, 0.5) is 11.9 Å². The lowest BCUT2D eigenvalue weighted by Gasteiger charge is -2.26. The molecule has 2 aliphatic rings. The molecular weight excluding hydrogens is 673 g/mol. The molecule has 0 saturated carbocycles. The fourth-order valence-corrected chi connectivity index (χ4v) is 7.23. The highest BCUT2D eigenvalue weighted by molar-refractivity contribution is 5.77. The Labute approximate surface area is 319 Å². The van der Waals surface area contributed by atoms with Gasteiger partial charge < -0.3 is 30.1 Å². The zero-order valence-corrected chi connectivity index (χ0v) is 31.6. The molecular formula is C44H56N8O2. The van der Waals surface area contributed by atoms with Gasteiger partial charge >= 0.3 is 0 Å². The molecule has 2 fully saturated rings. The number of aromatic nitrogens is 4. The molecule has 4 heterocycles. The third kappa shape index (κ3) is 11.5. The molecule has 0 unspecified atom stereocenters. The number of likely N-dealkylation sites (tertiary alicyclic amines) is 2. The normalized spacial score (nSPS) is 15.1. The summed E-state index contributed by atoms with van der Waals surface area (Å²) < 4.78 is 11.9. The molecule has 6 aromatic rings. The summed E-state index contributed by atoms with van der Waals surface area (Å²) in [5, 5.41) is 6.67. The first-order chi connectivity index (χ1) is 26.7. The lowest BCUT2D eigenvalue weighted by Crippen LogP contribution is -2.29. The quantitative estimate of drug-likeness (QED) is 0.0733. The molecule has 2 aromatic heterocycles. The summed E-state index contributed by atoms with van der Waals surface area (Å²) in [5.41, 5.74) is 6.77. The first kappa shape index (κ1) is 37.3. The van der Waals surface area contributed by atoms with E-state index < -0.39 is 0 Å². The highest BCUT2D eigenvalue weighted by Crippen LogP contribution is 2.20. The van der Waals surface area contributed by atoms with Gasteiger partial charge in [-0.1, -0.05) is 61.4 Å². The van der Waals surface area contributed by atoms with E-state index >= 15 is 0 Å². The number of imidazole rings is 2. The van der Waals surface area contributed by atoms with Gasteiger partial charge in [0.2, 0.25) is 11.9 Å². The molecule has 0 aliphatic carbocycles. The van der Waals surface area contributed by atoms with Gasteiger partial charge in [-0.15, -0.1) is 0 Å². The Kier molecular flexibility index (Phi) is 13.7. The molecule has 4 aromatic carbocycles. The minimum atomic E-state index is 0.695. The Bertz CT molecular complexity index is 1790. The van der Waals surface area contributed by atoms with E-state index in [9.17, 15) is 0 Å². The molecule has 2 aliphatic heterocycles. The highest BCUT2D eigenvalue weighted by Gasteiger charge is 2.12. The topological polar surface area (TPSA) is 106 Å². The van der Waals surface area contributed by atoms with Crippen molar-refractivity contribution >= 4 is 34.0 Å². The summed E-state index contributed by atoms with van der Waals surface area (Å²) in [4.78, 5) is 20.7. The van der Waals surface area contributed by atoms with Crippen molar-refractivity contribution < 1.29 is 9.47 Å². The fraction of sp³-hybridized carbons (Fsp3) is 0.409. The first-order valence-corrected chi connectivity index (χ1v) is 20.0. The van der Waals surface area contributed by atoms with Gasteiger partial charge in [-0.05, 0) is 124 Å². The van der Waals surface area contributed by atoms with E-state index in [1.807, 2.05) is 60.7 Å². The molecule has 54 heavy (non-hydrogen) atoms. The van der Waals surface area contributed by atoms with Crippen LogP contribution in [0.1, 0.15) is 62.5 Å². The summed E-state index contributed by atoms with van der Waals surface area (Å²) >= 11 is 0. The number of hydrogen-bond donors (Lipinski definition) is 4. The second kappa shape index (κ2) is 19.9. The molecule has 0 spiro atoms. The summed E-state index contributed by atoms with van der Waals surface area (Å²) in [6, 6.07) is 33.2. The van der Waals surface area contributed by atoms with Gasteiger partial charge in [0, 0.05) is 26.2 Å². The zero-order valence-electron chi connectivity index (χ0n) is 31.6. The van der Waals surface area contributed by atoms with E-state index in [1.54, 1.807) is 0 Å². The predicted octanol–water partition coefficient (Wildman–Crippen LogP) is 8.86. The van der Waals surface area contributed by atoms with Crippen LogP contribution in [-0.2, 0) is 13.1 Å². The number of ether oxygens (including phenoxy) is 2. The van der Waals surface area contributed by atoms with E-state index in [4.69, 9.17) is 9.47 Å². The zero-order chi connectivity index (χ0) is 36.6. The van der Waals surface area contributed by atoms with Gasteiger partial charge in [-0.2, -0.15) is 0 Å². The van der Waals surface area contributed by atoms with E-state index in [-0.39, 0.29) is 0 Å². The minimum Gasteiger partial charge on any atom is -0.494 e. The monoisotopic (exact) mass is 728 g/mol. The maximum Gasteiger partial charge on any atom is 0.201 e. The average Bonchev–Trinajstić information content (AvgIpc) is 3.83. The highest BCUT2D eigenvalue weighted by atomic mass is 16.5. The van der Waals surface area contributed by atoms with Crippen LogP contribution in [-0.4, -0.2) is 82.2 Å². The Morgan fingerprint density at radius 3 is 1.41 bits per heavy atom. The summed E-state index contributed by atoms with van der Waals surface area (Å²) in [6.07, 6.45) is 9.91. The number of hydrogen-bond acceptors (Lipinski definition) is 8. The molecule has 0 bridgehead atoms. The molecule has 0 radical (unpaired) electrons. The van der Waals surface area contributed by atoms with Crippen LogP contribution in [0.2, 0.25) is 0 Å². The molecule has 284 valence electrons. The fourth-order valence-electron chi connectivity index (χ4n) is 7.23. The third-order valence-electron chi connectivity index (χ3n) is 10.0. The molecule has 10 heteroatoms. The molecule has 10 nitrogen and oxygen atoms in total. The van der Waals surface area contributed by atoms with Crippen LogP contribution in [0.15, 0.2) is 97.1 Å². The van der Waals surface area contributed by atoms with Gasteiger partial charge in [0.1, 0.15) is 11.5 Å². The second-order valence-corrected chi connectivity index (χ2v) is 14.4. The number of piperidine rings is 2. The van der Waals surface area contributed by atoms with Gasteiger partial charge in [0.05, 0.1) is 35.3 Å². The number of nitrogens with zero attached hydrogens (tertiary/aromatic N) is 4. The van der Waals surface area contributed by atoms with E-state index in [0.29, 0.717) is 13.2 Å². The Hall–Kier alpha value is -5.06. The predicted molar refractivity (Wildman–Crippen MR) is 221 cm³/mol. The lowest BCUT2D eigenvalue weighted by atomic mass is 10.1. The number of para-hydroxylation sites is 4. The first-order valence-electron chi connectivity index (χ1n) is 20.0. The number of anilines is 2. The maximum atomic E-state index is 5.94. The molecule has 4 N–H and O–H groups in total. The second-order valence-electron chi connectivity index (χ2n) is 14.4. The van der Waals surface area contributed by atoms with Gasteiger partial charge in [0.25, 0.3) is 0 Å². The van der Waals surface area contributed by atoms with Gasteiger partial charge in [0.15, 0.2) is 0 Å². The lowest BCUT2D eigenvalue weighted by molar-refractivity contribution is 0.220. The third-order valence-corrected chi connectivity index (χ3v) is 10.0. The number of benzene rings is 4. The van der Waals surface area contributed by atoms with Crippen molar-refractivity contribution in [2.45, 2.75) is 64.5 Å². The van der Waals surface area contributed by atoms with Crippen molar-refractivity contribution in [2.75, 3.05) is 63.1 Å².